The molecule has 2 aliphatic carbocycles. The third kappa shape index (κ3) is 4.89. The maximum absolute atomic E-state index is 13.0. The van der Waals surface area contributed by atoms with E-state index in [0.717, 1.165) is 35.6 Å². The maximum Gasteiger partial charge on any atom is 0.255 e. The number of allylic oxidation sites excluding steroid dienone is 1. The topological polar surface area (TPSA) is 61.4 Å². The van der Waals surface area contributed by atoms with Gasteiger partial charge < -0.3 is 15.5 Å². The first kappa shape index (κ1) is 22.6. The van der Waals surface area contributed by atoms with Crippen LogP contribution < -0.4 is 10.6 Å². The zero-order chi connectivity index (χ0) is 22.9. The number of nitrogens with one attached hydrogen (secondary N) is 2. The second-order valence-corrected chi connectivity index (χ2v) is 11.1. The molecule has 2 amide bonds. The highest BCUT2D eigenvalue weighted by Gasteiger charge is 2.38. The van der Waals surface area contributed by atoms with E-state index in [-0.39, 0.29) is 17.9 Å². The predicted octanol–water partition coefficient (Wildman–Crippen LogP) is 4.70. The van der Waals surface area contributed by atoms with Crippen molar-refractivity contribution in [3.05, 3.63) is 47.2 Å². The summed E-state index contributed by atoms with van der Waals surface area (Å²) in [6.07, 6.45) is 13.1. The second kappa shape index (κ2) is 9.61. The summed E-state index contributed by atoms with van der Waals surface area (Å²) in [5.74, 6) is 1.41. The van der Waals surface area contributed by atoms with Crippen LogP contribution in [0.25, 0.3) is 0 Å². The largest absolute Gasteiger partial charge is 0.329 e. The molecule has 5 heteroatoms. The maximum atomic E-state index is 13.0. The minimum atomic E-state index is -0.386. The number of amides is 2. The number of carbonyl (C=O) groups excluding carboxylic acids is 2. The molecule has 1 saturated heterocycles. The van der Waals surface area contributed by atoms with Crippen molar-refractivity contribution < 1.29 is 9.59 Å². The number of hydrogen-bond acceptors (Lipinski definition) is 3. The first-order valence-corrected chi connectivity index (χ1v) is 13.2. The van der Waals surface area contributed by atoms with Crippen LogP contribution in [0.3, 0.4) is 0 Å². The summed E-state index contributed by atoms with van der Waals surface area (Å²) in [7, 11) is 0. The van der Waals surface area contributed by atoms with E-state index in [2.05, 4.69) is 36.3 Å². The Bertz CT molecular complexity index is 926. The summed E-state index contributed by atoms with van der Waals surface area (Å²) in [5, 5.41) is 6.89. The van der Waals surface area contributed by atoms with Crippen LogP contribution in [0.1, 0.15) is 92.6 Å². The molecule has 0 spiro atoms. The molecule has 178 valence electrons. The standard InChI is InChI=1S/C28H39N3O2/c1-18-6-5-8-23(14-18)30-25-9-4-3-7-21(25)15-20-11-12-24-22(16-20)17-31(28(24)33)26-13-10-19(2)29-27(26)32/h11-12,16,18,21,23,25-26,30H,2-10,13-15,17H2,1H3,(H,29,32)/t18?,21-,23?,25+,26?/m1/s1. The fourth-order valence-electron chi connectivity index (χ4n) is 6.70. The number of piperidine rings is 1. The molecule has 0 aromatic heterocycles. The van der Waals surface area contributed by atoms with Crippen LogP contribution in [0.4, 0.5) is 0 Å². The highest BCUT2D eigenvalue weighted by Crippen LogP contribution is 2.33. The molecule has 5 atom stereocenters. The third-order valence-electron chi connectivity index (χ3n) is 8.49. The SMILES string of the molecule is C=C1CCC(N2Cc3cc(C[C@H]4CCCC[C@@H]4NC4CCCC(C)C4)ccc3C2=O)C(=O)N1. The summed E-state index contributed by atoms with van der Waals surface area (Å²) < 4.78 is 0. The molecule has 3 unspecified atom stereocenters. The Morgan fingerprint density at radius 3 is 2.76 bits per heavy atom. The van der Waals surface area contributed by atoms with Gasteiger partial charge in [-0.1, -0.05) is 51.3 Å². The van der Waals surface area contributed by atoms with Gasteiger partial charge in [-0.25, -0.2) is 0 Å². The molecule has 2 heterocycles. The lowest BCUT2D eigenvalue weighted by Gasteiger charge is -2.38. The Kier molecular flexibility index (Phi) is 6.60. The summed E-state index contributed by atoms with van der Waals surface area (Å²) in [5.41, 5.74) is 3.93. The van der Waals surface area contributed by atoms with Crippen LogP contribution in [0.2, 0.25) is 0 Å². The Hall–Kier alpha value is -2.14. The molecule has 4 aliphatic rings. The molecular weight excluding hydrogens is 410 g/mol. The fourth-order valence-corrected chi connectivity index (χ4v) is 6.70. The van der Waals surface area contributed by atoms with Crippen LogP contribution in [-0.4, -0.2) is 34.8 Å². The van der Waals surface area contributed by atoms with Crippen LogP contribution in [0.5, 0.6) is 0 Å². The summed E-state index contributed by atoms with van der Waals surface area (Å²) in [4.78, 5) is 27.3. The van der Waals surface area contributed by atoms with Gasteiger partial charge in [-0.05, 0) is 74.0 Å². The van der Waals surface area contributed by atoms with E-state index in [9.17, 15) is 9.59 Å². The summed E-state index contributed by atoms with van der Waals surface area (Å²) in [6.45, 7) is 6.80. The van der Waals surface area contributed by atoms with E-state index in [1.807, 2.05) is 6.07 Å². The Morgan fingerprint density at radius 1 is 1.09 bits per heavy atom. The zero-order valence-electron chi connectivity index (χ0n) is 20.1. The molecule has 1 aromatic carbocycles. The van der Waals surface area contributed by atoms with E-state index in [1.54, 1.807) is 4.90 Å². The zero-order valence-corrected chi connectivity index (χ0v) is 20.1. The van der Waals surface area contributed by atoms with Crippen molar-refractivity contribution in [2.24, 2.45) is 11.8 Å². The molecule has 5 rings (SSSR count). The molecule has 2 N–H and O–H groups in total. The molecule has 2 saturated carbocycles. The van der Waals surface area contributed by atoms with Gasteiger partial charge in [0, 0.05) is 29.9 Å². The van der Waals surface area contributed by atoms with Gasteiger partial charge >= 0.3 is 0 Å². The van der Waals surface area contributed by atoms with Crippen molar-refractivity contribution in [3.8, 4) is 0 Å². The fraction of sp³-hybridized carbons (Fsp3) is 0.643. The molecule has 5 nitrogen and oxygen atoms in total. The van der Waals surface area contributed by atoms with Gasteiger partial charge in [-0.3, -0.25) is 9.59 Å². The normalized spacial score (nSPS) is 32.6. The van der Waals surface area contributed by atoms with Gasteiger partial charge in [-0.2, -0.15) is 0 Å². The summed E-state index contributed by atoms with van der Waals surface area (Å²) >= 11 is 0. The van der Waals surface area contributed by atoms with Gasteiger partial charge in [0.25, 0.3) is 5.91 Å². The lowest BCUT2D eigenvalue weighted by molar-refractivity contribution is -0.126. The van der Waals surface area contributed by atoms with Crippen molar-refractivity contribution >= 4 is 11.8 Å². The average Bonchev–Trinajstić information content (AvgIpc) is 3.11. The van der Waals surface area contributed by atoms with Crippen molar-refractivity contribution in [3.63, 3.8) is 0 Å². The Balaban J connectivity index is 1.25. The van der Waals surface area contributed by atoms with Gasteiger partial charge in [0.05, 0.1) is 0 Å². The van der Waals surface area contributed by atoms with Crippen LogP contribution in [0, 0.1) is 11.8 Å². The quantitative estimate of drug-likeness (QED) is 0.685. The monoisotopic (exact) mass is 449 g/mol. The van der Waals surface area contributed by atoms with Crippen molar-refractivity contribution in [1.82, 2.24) is 15.5 Å². The molecular formula is C28H39N3O2. The minimum Gasteiger partial charge on any atom is -0.329 e. The Morgan fingerprint density at radius 2 is 1.94 bits per heavy atom. The second-order valence-electron chi connectivity index (χ2n) is 11.1. The van der Waals surface area contributed by atoms with E-state index in [4.69, 9.17) is 0 Å². The van der Waals surface area contributed by atoms with Crippen LogP contribution in [0.15, 0.2) is 30.5 Å². The third-order valence-corrected chi connectivity index (χ3v) is 8.49. The summed E-state index contributed by atoms with van der Waals surface area (Å²) in [6, 6.07) is 7.30. The van der Waals surface area contributed by atoms with Crippen molar-refractivity contribution in [2.45, 2.75) is 102 Å². The van der Waals surface area contributed by atoms with Crippen LogP contribution in [-0.2, 0) is 17.8 Å². The van der Waals surface area contributed by atoms with Crippen molar-refractivity contribution in [1.29, 1.82) is 0 Å². The first-order chi connectivity index (χ1) is 16.0. The molecule has 2 aliphatic heterocycles. The van der Waals surface area contributed by atoms with E-state index >= 15 is 0 Å². The highest BCUT2D eigenvalue weighted by molar-refractivity contribution is 6.01. The van der Waals surface area contributed by atoms with Crippen LogP contribution >= 0.6 is 0 Å². The lowest BCUT2D eigenvalue weighted by Crippen LogP contribution is -2.49. The molecule has 0 radical (unpaired) electrons. The lowest BCUT2D eigenvalue weighted by atomic mass is 9.79. The number of carbonyl (C=O) groups is 2. The van der Waals surface area contributed by atoms with E-state index in [1.165, 1.54) is 56.9 Å². The van der Waals surface area contributed by atoms with E-state index < -0.39 is 0 Å². The van der Waals surface area contributed by atoms with Crippen molar-refractivity contribution in [2.75, 3.05) is 0 Å². The number of nitrogens with zero attached hydrogens (tertiary/aromatic N) is 1. The minimum absolute atomic E-state index is 0.00663. The van der Waals surface area contributed by atoms with Gasteiger partial charge in [0.15, 0.2) is 0 Å². The van der Waals surface area contributed by atoms with Gasteiger partial charge in [-0.15, -0.1) is 0 Å². The number of benzene rings is 1. The molecule has 0 bridgehead atoms. The number of fused-ring (bicyclic) bond motifs is 1. The number of hydrogen-bond donors (Lipinski definition) is 2. The van der Waals surface area contributed by atoms with E-state index in [0.29, 0.717) is 31.0 Å². The van der Waals surface area contributed by atoms with Gasteiger partial charge in [0.2, 0.25) is 5.91 Å². The Labute approximate surface area is 198 Å². The predicted molar refractivity (Wildman–Crippen MR) is 131 cm³/mol. The smallest absolute Gasteiger partial charge is 0.255 e. The highest BCUT2D eigenvalue weighted by atomic mass is 16.2. The number of rotatable bonds is 5. The first-order valence-electron chi connectivity index (χ1n) is 13.2. The molecule has 1 aromatic rings. The average molecular weight is 450 g/mol. The van der Waals surface area contributed by atoms with Gasteiger partial charge in [0.1, 0.15) is 6.04 Å². The molecule has 33 heavy (non-hydrogen) atoms. The molecule has 3 fully saturated rings.